The monoisotopic (exact) mass is 342 g/mol. The molecule has 0 aliphatic carbocycles. The van der Waals surface area contributed by atoms with Gasteiger partial charge in [-0.1, -0.05) is 27.2 Å². The van der Waals surface area contributed by atoms with Crippen molar-refractivity contribution < 1.29 is 18.3 Å². The maximum atomic E-state index is 12.2. The van der Waals surface area contributed by atoms with Gasteiger partial charge in [0.1, 0.15) is 0 Å². The summed E-state index contributed by atoms with van der Waals surface area (Å²) in [4.78, 5) is 11.4. The molecule has 130 valence electrons. The van der Waals surface area contributed by atoms with E-state index < -0.39 is 16.0 Å². The number of carboxylic acids is 1. The molecule has 0 unspecified atom stereocenters. The Kier molecular flexibility index (Phi) is 7.02. The lowest BCUT2D eigenvalue weighted by molar-refractivity contribution is 0.0697. The first-order valence-corrected chi connectivity index (χ1v) is 9.29. The van der Waals surface area contributed by atoms with E-state index in [2.05, 4.69) is 10.0 Å². The summed E-state index contributed by atoms with van der Waals surface area (Å²) in [5.74, 6) is -0.989. The van der Waals surface area contributed by atoms with Crippen molar-refractivity contribution in [3.05, 3.63) is 23.8 Å². The summed E-state index contributed by atoms with van der Waals surface area (Å²) in [6.45, 7) is 8.11. The summed E-state index contributed by atoms with van der Waals surface area (Å²) in [7, 11) is -3.71. The van der Waals surface area contributed by atoms with E-state index in [1.54, 1.807) is 0 Å². The second-order valence-electron chi connectivity index (χ2n) is 6.09. The van der Waals surface area contributed by atoms with Crippen LogP contribution in [0.2, 0.25) is 0 Å². The van der Waals surface area contributed by atoms with Crippen LogP contribution < -0.4 is 10.0 Å². The normalized spacial score (nSPS) is 13.1. The van der Waals surface area contributed by atoms with Gasteiger partial charge in [-0.3, -0.25) is 0 Å². The third-order valence-corrected chi connectivity index (χ3v) is 4.76. The molecule has 0 bridgehead atoms. The number of benzene rings is 1. The fourth-order valence-corrected chi connectivity index (χ4v) is 3.36. The predicted octanol–water partition coefficient (Wildman–Crippen LogP) is 2.92. The minimum atomic E-state index is -3.71. The lowest BCUT2D eigenvalue weighted by atomic mass is 10.1. The number of hydrogen-bond donors (Lipinski definition) is 3. The standard InChI is InChI=1S/C16H26N2O4S/c1-5-6-12(4)18-15-8-7-13(9-14(15)16(19)20)23(21,22)17-10-11(2)3/h7-9,11-12,17-18H,5-6,10H2,1-4H3,(H,19,20)/t12-/m1/s1. The van der Waals surface area contributed by atoms with Gasteiger partial charge < -0.3 is 10.4 Å². The molecule has 0 spiro atoms. The van der Waals surface area contributed by atoms with Crippen LogP contribution >= 0.6 is 0 Å². The number of carboxylic acid groups (broad SMARTS) is 1. The van der Waals surface area contributed by atoms with E-state index in [4.69, 9.17) is 0 Å². The summed E-state index contributed by atoms with van der Waals surface area (Å²) in [6, 6.07) is 4.25. The Bertz CT molecular complexity index is 641. The highest BCUT2D eigenvalue weighted by Gasteiger charge is 2.19. The van der Waals surface area contributed by atoms with E-state index >= 15 is 0 Å². The second kappa shape index (κ2) is 8.31. The molecule has 1 atom stereocenters. The fourth-order valence-electron chi connectivity index (χ4n) is 2.12. The van der Waals surface area contributed by atoms with Crippen LogP contribution in [-0.2, 0) is 10.0 Å². The number of sulfonamides is 1. The topological polar surface area (TPSA) is 95.5 Å². The average molecular weight is 342 g/mol. The van der Waals surface area contributed by atoms with Gasteiger partial charge in [-0.25, -0.2) is 17.9 Å². The molecule has 7 heteroatoms. The molecule has 0 saturated heterocycles. The van der Waals surface area contributed by atoms with Crippen molar-refractivity contribution in [1.82, 2.24) is 4.72 Å². The lowest BCUT2D eigenvalue weighted by Gasteiger charge is -2.17. The van der Waals surface area contributed by atoms with Crippen LogP contribution in [0.25, 0.3) is 0 Å². The van der Waals surface area contributed by atoms with Crippen LogP contribution in [0.1, 0.15) is 50.9 Å². The number of aromatic carboxylic acids is 1. The van der Waals surface area contributed by atoms with E-state index in [1.165, 1.54) is 18.2 Å². The van der Waals surface area contributed by atoms with E-state index in [-0.39, 0.29) is 22.4 Å². The van der Waals surface area contributed by atoms with Crippen molar-refractivity contribution in [3.63, 3.8) is 0 Å². The van der Waals surface area contributed by atoms with Gasteiger partial charge in [-0.2, -0.15) is 0 Å². The maximum Gasteiger partial charge on any atom is 0.337 e. The minimum absolute atomic E-state index is 0.0377. The number of hydrogen-bond acceptors (Lipinski definition) is 4. The summed E-state index contributed by atoms with van der Waals surface area (Å²) in [5.41, 5.74) is 0.390. The quantitative estimate of drug-likeness (QED) is 0.641. The van der Waals surface area contributed by atoms with Gasteiger partial charge in [0.05, 0.1) is 10.5 Å². The van der Waals surface area contributed by atoms with Gasteiger partial charge in [0.25, 0.3) is 0 Å². The molecule has 1 rings (SSSR count). The highest BCUT2D eigenvalue weighted by molar-refractivity contribution is 7.89. The van der Waals surface area contributed by atoms with Crippen molar-refractivity contribution >= 4 is 21.7 Å². The van der Waals surface area contributed by atoms with Gasteiger partial charge in [0.2, 0.25) is 10.0 Å². The van der Waals surface area contributed by atoms with Crippen LogP contribution in [0.3, 0.4) is 0 Å². The smallest absolute Gasteiger partial charge is 0.337 e. The molecule has 0 aliphatic rings. The summed E-state index contributed by atoms with van der Waals surface area (Å²) >= 11 is 0. The molecule has 0 heterocycles. The summed E-state index contributed by atoms with van der Waals surface area (Å²) in [6.07, 6.45) is 1.87. The van der Waals surface area contributed by atoms with Gasteiger partial charge in [-0.05, 0) is 37.5 Å². The molecule has 0 saturated carbocycles. The zero-order chi connectivity index (χ0) is 17.6. The summed E-state index contributed by atoms with van der Waals surface area (Å²) in [5, 5.41) is 12.5. The van der Waals surface area contributed by atoms with Gasteiger partial charge in [0.15, 0.2) is 0 Å². The lowest BCUT2D eigenvalue weighted by Crippen LogP contribution is -2.28. The molecule has 1 aromatic carbocycles. The second-order valence-corrected chi connectivity index (χ2v) is 7.86. The molecule has 0 aromatic heterocycles. The van der Waals surface area contributed by atoms with Crippen LogP contribution in [-0.4, -0.2) is 32.1 Å². The van der Waals surface area contributed by atoms with E-state index in [0.29, 0.717) is 12.2 Å². The molecule has 0 radical (unpaired) electrons. The molecule has 0 amide bonds. The number of rotatable bonds is 9. The number of nitrogens with one attached hydrogen (secondary N) is 2. The largest absolute Gasteiger partial charge is 0.478 e. The number of carbonyl (C=O) groups is 1. The van der Waals surface area contributed by atoms with Crippen molar-refractivity contribution in [3.8, 4) is 0 Å². The number of anilines is 1. The Morgan fingerprint density at radius 3 is 2.43 bits per heavy atom. The van der Waals surface area contributed by atoms with Crippen molar-refractivity contribution in [2.24, 2.45) is 5.92 Å². The van der Waals surface area contributed by atoms with Crippen LogP contribution in [0, 0.1) is 5.92 Å². The maximum absolute atomic E-state index is 12.2. The Balaban J connectivity index is 3.10. The Morgan fingerprint density at radius 2 is 1.91 bits per heavy atom. The van der Waals surface area contributed by atoms with Crippen molar-refractivity contribution in [1.29, 1.82) is 0 Å². The van der Waals surface area contributed by atoms with Crippen molar-refractivity contribution in [2.75, 3.05) is 11.9 Å². The highest BCUT2D eigenvalue weighted by atomic mass is 32.2. The molecule has 0 aliphatic heterocycles. The Morgan fingerprint density at radius 1 is 1.26 bits per heavy atom. The first kappa shape index (κ1) is 19.4. The Labute approximate surface area is 138 Å². The molecule has 0 fully saturated rings. The third-order valence-electron chi connectivity index (χ3n) is 3.34. The molecular formula is C16H26N2O4S. The van der Waals surface area contributed by atoms with Gasteiger partial charge in [0, 0.05) is 18.3 Å². The molecular weight excluding hydrogens is 316 g/mol. The molecule has 3 N–H and O–H groups in total. The zero-order valence-corrected chi connectivity index (χ0v) is 14.9. The average Bonchev–Trinajstić information content (AvgIpc) is 2.45. The summed E-state index contributed by atoms with van der Waals surface area (Å²) < 4.78 is 26.9. The fraction of sp³-hybridized carbons (Fsp3) is 0.562. The highest BCUT2D eigenvalue weighted by Crippen LogP contribution is 2.22. The predicted molar refractivity (Wildman–Crippen MR) is 91.4 cm³/mol. The first-order chi connectivity index (χ1) is 10.7. The van der Waals surface area contributed by atoms with Crippen molar-refractivity contribution in [2.45, 2.75) is 51.5 Å². The van der Waals surface area contributed by atoms with Crippen LogP contribution in [0.15, 0.2) is 23.1 Å². The Hall–Kier alpha value is -1.60. The third kappa shape index (κ3) is 5.84. The molecule has 23 heavy (non-hydrogen) atoms. The van der Waals surface area contributed by atoms with Gasteiger partial charge >= 0.3 is 5.97 Å². The van der Waals surface area contributed by atoms with E-state index in [1.807, 2.05) is 27.7 Å². The minimum Gasteiger partial charge on any atom is -0.478 e. The zero-order valence-electron chi connectivity index (χ0n) is 14.1. The van der Waals surface area contributed by atoms with Gasteiger partial charge in [-0.15, -0.1) is 0 Å². The molecule has 1 aromatic rings. The molecule has 6 nitrogen and oxygen atoms in total. The first-order valence-electron chi connectivity index (χ1n) is 7.81. The van der Waals surface area contributed by atoms with Crippen LogP contribution in [0.4, 0.5) is 5.69 Å². The SMILES string of the molecule is CCC[C@@H](C)Nc1ccc(S(=O)(=O)NCC(C)C)cc1C(=O)O. The van der Waals surface area contributed by atoms with E-state index in [9.17, 15) is 18.3 Å². The van der Waals surface area contributed by atoms with E-state index in [0.717, 1.165) is 12.8 Å². The van der Waals surface area contributed by atoms with Crippen LogP contribution in [0.5, 0.6) is 0 Å².